The van der Waals surface area contributed by atoms with Crippen LogP contribution in [-0.4, -0.2) is 42.9 Å². The van der Waals surface area contributed by atoms with Crippen LogP contribution in [0.5, 0.6) is 0 Å². The highest BCUT2D eigenvalue weighted by molar-refractivity contribution is 5.80. The molecule has 0 bridgehead atoms. The number of carbonyl (C=O) groups excluding carboxylic acids is 1. The molecule has 0 saturated heterocycles. The number of nitrogens with zero attached hydrogens (tertiary/aromatic N) is 2. The Bertz CT molecular complexity index is 414. The summed E-state index contributed by atoms with van der Waals surface area (Å²) in [7, 11) is 3.92. The van der Waals surface area contributed by atoms with E-state index in [2.05, 4.69) is 27.7 Å². The Hall–Kier alpha value is -0.830. The molecule has 1 unspecified atom stereocenters. The summed E-state index contributed by atoms with van der Waals surface area (Å²) in [4.78, 5) is 16.5. The second kappa shape index (κ2) is 9.46. The third-order valence-corrected chi connectivity index (χ3v) is 5.32. The first-order valence-electron chi connectivity index (χ1n) is 9.51. The van der Waals surface area contributed by atoms with E-state index < -0.39 is 0 Å². The van der Waals surface area contributed by atoms with E-state index in [-0.39, 0.29) is 11.3 Å². The van der Waals surface area contributed by atoms with E-state index >= 15 is 0 Å². The highest BCUT2D eigenvalue weighted by Gasteiger charge is 2.35. The molecule has 3 nitrogen and oxygen atoms in total. The average molecular weight is 323 g/mol. The van der Waals surface area contributed by atoms with Crippen LogP contribution in [0.2, 0.25) is 0 Å². The first kappa shape index (κ1) is 20.2. The summed E-state index contributed by atoms with van der Waals surface area (Å²) >= 11 is 0. The molecule has 1 aliphatic heterocycles. The molecule has 0 fully saturated rings. The molecule has 1 rings (SSSR count). The fraction of sp³-hybridized carbons (Fsp3) is 0.850. The van der Waals surface area contributed by atoms with Crippen LogP contribution in [0.1, 0.15) is 79.1 Å². The van der Waals surface area contributed by atoms with E-state index in [1.165, 1.54) is 50.6 Å². The molecule has 0 aromatic heterocycles. The van der Waals surface area contributed by atoms with Crippen molar-refractivity contribution in [3.63, 3.8) is 0 Å². The smallest absolute Gasteiger partial charge is 0.240 e. The molecular weight excluding hydrogens is 284 g/mol. The van der Waals surface area contributed by atoms with Gasteiger partial charge in [0.05, 0.1) is 6.54 Å². The van der Waals surface area contributed by atoms with E-state index in [1.807, 2.05) is 23.9 Å². The monoisotopic (exact) mass is 322 g/mol. The van der Waals surface area contributed by atoms with Gasteiger partial charge >= 0.3 is 0 Å². The molecule has 0 aromatic rings. The van der Waals surface area contributed by atoms with Gasteiger partial charge in [0.25, 0.3) is 0 Å². The molecular formula is C20H38N2O. The number of unbranched alkanes of at least 4 members (excludes halogenated alkanes) is 3. The van der Waals surface area contributed by atoms with Crippen molar-refractivity contribution in [2.24, 2.45) is 5.41 Å². The van der Waals surface area contributed by atoms with Gasteiger partial charge in [0, 0.05) is 12.2 Å². The van der Waals surface area contributed by atoms with Crippen molar-refractivity contribution < 1.29 is 4.79 Å². The highest BCUT2D eigenvalue weighted by atomic mass is 16.2. The molecule has 134 valence electrons. The van der Waals surface area contributed by atoms with Crippen LogP contribution in [0, 0.1) is 5.41 Å². The third-order valence-electron chi connectivity index (χ3n) is 5.32. The summed E-state index contributed by atoms with van der Waals surface area (Å²) < 4.78 is 0. The predicted molar refractivity (Wildman–Crippen MR) is 99.4 cm³/mol. The van der Waals surface area contributed by atoms with Crippen molar-refractivity contribution in [3.8, 4) is 0 Å². The Balaban J connectivity index is 2.91. The molecule has 0 aromatic carbocycles. The number of amides is 1. The third kappa shape index (κ3) is 5.63. The van der Waals surface area contributed by atoms with Gasteiger partial charge in [-0.3, -0.25) is 4.79 Å². The molecule has 3 heteroatoms. The van der Waals surface area contributed by atoms with Gasteiger partial charge in [-0.25, -0.2) is 0 Å². The quantitative estimate of drug-likeness (QED) is 0.538. The number of hydrogen-bond acceptors (Lipinski definition) is 2. The van der Waals surface area contributed by atoms with Crippen molar-refractivity contribution in [2.45, 2.75) is 79.1 Å². The Labute approximate surface area is 144 Å². The fourth-order valence-corrected chi connectivity index (χ4v) is 3.90. The van der Waals surface area contributed by atoms with E-state index in [4.69, 9.17) is 0 Å². The van der Waals surface area contributed by atoms with Gasteiger partial charge in [0.2, 0.25) is 5.91 Å². The lowest BCUT2D eigenvalue weighted by atomic mass is 9.72. The van der Waals surface area contributed by atoms with Crippen LogP contribution in [0.25, 0.3) is 0 Å². The SMILES string of the molecule is CCCCCC(C)(CCCC)C1=C(C)N(C(=O)CN(C)C)CC1. The molecule has 0 spiro atoms. The minimum atomic E-state index is 0.244. The normalized spacial score (nSPS) is 18.0. The van der Waals surface area contributed by atoms with Gasteiger partial charge in [-0.2, -0.15) is 0 Å². The van der Waals surface area contributed by atoms with Crippen molar-refractivity contribution in [3.05, 3.63) is 11.3 Å². The Morgan fingerprint density at radius 2 is 1.74 bits per heavy atom. The summed E-state index contributed by atoms with van der Waals surface area (Å²) in [6.45, 7) is 10.5. The number of likely N-dealkylation sites (N-methyl/N-ethyl adjacent to an activating group) is 1. The summed E-state index contributed by atoms with van der Waals surface area (Å²) in [5.41, 5.74) is 3.07. The second-order valence-electron chi connectivity index (χ2n) is 7.72. The van der Waals surface area contributed by atoms with Crippen LogP contribution >= 0.6 is 0 Å². The lowest BCUT2D eigenvalue weighted by Crippen LogP contribution is -2.35. The van der Waals surface area contributed by atoms with Crippen LogP contribution in [0.3, 0.4) is 0 Å². The number of rotatable bonds is 10. The lowest BCUT2D eigenvalue weighted by Gasteiger charge is -2.32. The Kier molecular flexibility index (Phi) is 8.32. The molecule has 1 atom stereocenters. The van der Waals surface area contributed by atoms with Gasteiger partial charge in [0.15, 0.2) is 0 Å². The number of carbonyl (C=O) groups is 1. The van der Waals surface area contributed by atoms with Crippen LogP contribution < -0.4 is 0 Å². The maximum absolute atomic E-state index is 12.5. The van der Waals surface area contributed by atoms with Crippen molar-refractivity contribution in [1.82, 2.24) is 9.80 Å². The molecule has 23 heavy (non-hydrogen) atoms. The molecule has 1 heterocycles. The number of hydrogen-bond donors (Lipinski definition) is 0. The van der Waals surface area contributed by atoms with E-state index in [0.717, 1.165) is 13.0 Å². The second-order valence-corrected chi connectivity index (χ2v) is 7.72. The summed E-state index contributed by atoms with van der Waals surface area (Å²) in [5.74, 6) is 0.244. The topological polar surface area (TPSA) is 23.6 Å². The van der Waals surface area contributed by atoms with Crippen LogP contribution in [0.15, 0.2) is 11.3 Å². The van der Waals surface area contributed by atoms with Gasteiger partial charge in [-0.15, -0.1) is 0 Å². The molecule has 0 radical (unpaired) electrons. The first-order chi connectivity index (χ1) is 10.9. The molecule has 0 aliphatic carbocycles. The molecule has 1 aliphatic rings. The fourth-order valence-electron chi connectivity index (χ4n) is 3.90. The van der Waals surface area contributed by atoms with E-state index in [1.54, 1.807) is 5.57 Å². The van der Waals surface area contributed by atoms with Crippen LogP contribution in [0.4, 0.5) is 0 Å². The minimum absolute atomic E-state index is 0.244. The zero-order valence-electron chi connectivity index (χ0n) is 16.4. The summed E-state index contributed by atoms with van der Waals surface area (Å²) in [6, 6.07) is 0. The van der Waals surface area contributed by atoms with Gasteiger partial charge in [0.1, 0.15) is 0 Å². The first-order valence-corrected chi connectivity index (χ1v) is 9.51. The molecule has 0 N–H and O–H groups in total. The van der Waals surface area contributed by atoms with Gasteiger partial charge in [-0.05, 0) is 51.3 Å². The Morgan fingerprint density at radius 1 is 1.13 bits per heavy atom. The van der Waals surface area contributed by atoms with Crippen molar-refractivity contribution in [2.75, 3.05) is 27.2 Å². The van der Waals surface area contributed by atoms with Crippen molar-refractivity contribution in [1.29, 1.82) is 0 Å². The van der Waals surface area contributed by atoms with E-state index in [9.17, 15) is 4.79 Å². The lowest BCUT2D eigenvalue weighted by molar-refractivity contribution is -0.129. The molecule has 0 saturated carbocycles. The van der Waals surface area contributed by atoms with Crippen molar-refractivity contribution >= 4 is 5.91 Å². The van der Waals surface area contributed by atoms with E-state index in [0.29, 0.717) is 6.54 Å². The van der Waals surface area contributed by atoms with Crippen LogP contribution in [-0.2, 0) is 4.79 Å². The zero-order valence-corrected chi connectivity index (χ0v) is 16.4. The summed E-state index contributed by atoms with van der Waals surface area (Å²) in [6.07, 6.45) is 10.0. The zero-order chi connectivity index (χ0) is 17.5. The minimum Gasteiger partial charge on any atom is -0.315 e. The average Bonchev–Trinajstić information content (AvgIpc) is 2.87. The summed E-state index contributed by atoms with van der Waals surface area (Å²) in [5, 5.41) is 0. The standard InChI is InChI=1S/C20H38N2O/c1-7-9-11-14-20(4,13-10-8-2)18-12-15-22(17(18)3)19(23)16-21(5)6/h7-16H2,1-6H3. The number of allylic oxidation sites excluding steroid dienone is 1. The van der Waals surface area contributed by atoms with Gasteiger partial charge in [-0.1, -0.05) is 52.9 Å². The maximum atomic E-state index is 12.5. The Morgan fingerprint density at radius 3 is 2.30 bits per heavy atom. The predicted octanol–water partition coefficient (Wildman–Crippen LogP) is 4.83. The molecule has 1 amide bonds. The van der Waals surface area contributed by atoms with Gasteiger partial charge < -0.3 is 9.80 Å². The highest BCUT2D eigenvalue weighted by Crippen LogP contribution is 2.44. The maximum Gasteiger partial charge on any atom is 0.240 e. The largest absolute Gasteiger partial charge is 0.315 e.